The topological polar surface area (TPSA) is 0 Å². The molecule has 110 valence electrons. The average molecular weight is 294 g/mol. The minimum absolute atomic E-state index is 0.112. The summed E-state index contributed by atoms with van der Waals surface area (Å²) in [7, 11) is 0. The number of benzene rings is 2. The Morgan fingerprint density at radius 3 is 1.86 bits per heavy atom. The van der Waals surface area contributed by atoms with E-state index in [0.29, 0.717) is 0 Å². The van der Waals surface area contributed by atoms with Crippen LogP contribution in [0.4, 0.5) is 17.6 Å². The van der Waals surface area contributed by atoms with Gasteiger partial charge in [-0.3, -0.25) is 0 Å². The van der Waals surface area contributed by atoms with Crippen LogP contribution in [-0.2, 0) is 12.8 Å². The van der Waals surface area contributed by atoms with Gasteiger partial charge in [0.15, 0.2) is 23.3 Å². The van der Waals surface area contributed by atoms with Crippen molar-refractivity contribution in [2.45, 2.75) is 19.8 Å². The van der Waals surface area contributed by atoms with E-state index in [9.17, 15) is 17.6 Å². The van der Waals surface area contributed by atoms with E-state index in [2.05, 4.69) is 6.58 Å². The Kier molecular flexibility index (Phi) is 4.46. The SMILES string of the molecule is C=Cc1ccc(CCc2c(F)c(F)c(C)c(F)c2F)cc1. The second-order valence-corrected chi connectivity index (χ2v) is 4.81. The molecule has 0 heterocycles. The van der Waals surface area contributed by atoms with Gasteiger partial charge in [-0.25, -0.2) is 17.6 Å². The lowest BCUT2D eigenvalue weighted by Gasteiger charge is -2.10. The number of aryl methyl sites for hydroxylation is 1. The normalized spacial score (nSPS) is 10.7. The van der Waals surface area contributed by atoms with E-state index in [1.54, 1.807) is 18.2 Å². The van der Waals surface area contributed by atoms with Crippen LogP contribution in [0.15, 0.2) is 30.8 Å². The summed E-state index contributed by atoms with van der Waals surface area (Å²) >= 11 is 0. The molecule has 0 N–H and O–H groups in total. The molecule has 0 aliphatic carbocycles. The van der Waals surface area contributed by atoms with Crippen LogP contribution in [0.3, 0.4) is 0 Å². The molecule has 0 aliphatic rings. The number of hydrogen-bond acceptors (Lipinski definition) is 0. The molecular formula is C17H14F4. The van der Waals surface area contributed by atoms with Crippen molar-refractivity contribution in [3.63, 3.8) is 0 Å². The van der Waals surface area contributed by atoms with E-state index >= 15 is 0 Å². The van der Waals surface area contributed by atoms with Crippen molar-refractivity contribution in [2.75, 3.05) is 0 Å². The van der Waals surface area contributed by atoms with Crippen molar-refractivity contribution in [3.05, 3.63) is 76.4 Å². The zero-order valence-electron chi connectivity index (χ0n) is 11.5. The Hall–Kier alpha value is -2.10. The fourth-order valence-corrected chi connectivity index (χ4v) is 2.10. The van der Waals surface area contributed by atoms with Crippen molar-refractivity contribution >= 4 is 6.08 Å². The van der Waals surface area contributed by atoms with Crippen LogP contribution in [0, 0.1) is 30.2 Å². The molecule has 0 radical (unpaired) electrons. The first-order chi connectivity index (χ1) is 9.95. The highest BCUT2D eigenvalue weighted by Gasteiger charge is 2.22. The van der Waals surface area contributed by atoms with Crippen LogP contribution in [-0.4, -0.2) is 0 Å². The molecule has 0 aliphatic heterocycles. The summed E-state index contributed by atoms with van der Waals surface area (Å²) in [6.45, 7) is 4.63. The van der Waals surface area contributed by atoms with Gasteiger partial charge in [-0.2, -0.15) is 0 Å². The highest BCUT2D eigenvalue weighted by molar-refractivity contribution is 5.47. The van der Waals surface area contributed by atoms with Gasteiger partial charge in [0.2, 0.25) is 0 Å². The van der Waals surface area contributed by atoms with Crippen LogP contribution in [0.1, 0.15) is 22.3 Å². The number of halogens is 4. The smallest absolute Gasteiger partial charge is 0.165 e. The molecule has 0 fully saturated rings. The molecule has 0 spiro atoms. The lowest BCUT2D eigenvalue weighted by atomic mass is 10.0. The zero-order valence-corrected chi connectivity index (χ0v) is 11.5. The van der Waals surface area contributed by atoms with Gasteiger partial charge >= 0.3 is 0 Å². The van der Waals surface area contributed by atoms with Gasteiger partial charge in [0.05, 0.1) is 0 Å². The van der Waals surface area contributed by atoms with Gasteiger partial charge in [-0.05, 0) is 30.9 Å². The third-order valence-corrected chi connectivity index (χ3v) is 3.45. The maximum atomic E-state index is 13.7. The first-order valence-electron chi connectivity index (χ1n) is 6.48. The molecule has 4 heteroatoms. The van der Waals surface area contributed by atoms with Crippen molar-refractivity contribution in [1.82, 2.24) is 0 Å². The Bertz CT molecular complexity index is 643. The first-order valence-corrected chi connectivity index (χ1v) is 6.48. The summed E-state index contributed by atoms with van der Waals surface area (Å²) in [5.74, 6) is -5.28. The van der Waals surface area contributed by atoms with Crippen molar-refractivity contribution < 1.29 is 17.6 Å². The summed E-state index contributed by atoms with van der Waals surface area (Å²) in [6.07, 6.45) is 1.85. The summed E-state index contributed by atoms with van der Waals surface area (Å²) in [5, 5.41) is 0. The van der Waals surface area contributed by atoms with E-state index in [4.69, 9.17) is 0 Å². The maximum Gasteiger partial charge on any atom is 0.165 e. The molecule has 2 rings (SSSR count). The second kappa shape index (κ2) is 6.12. The van der Waals surface area contributed by atoms with Crippen LogP contribution < -0.4 is 0 Å². The molecule has 0 amide bonds. The predicted molar refractivity (Wildman–Crippen MR) is 75.0 cm³/mol. The largest absolute Gasteiger partial charge is 0.203 e. The quantitative estimate of drug-likeness (QED) is 0.551. The molecule has 0 nitrogen and oxygen atoms in total. The highest BCUT2D eigenvalue weighted by Crippen LogP contribution is 2.24. The van der Waals surface area contributed by atoms with Gasteiger partial charge < -0.3 is 0 Å². The molecule has 2 aromatic rings. The minimum atomic E-state index is -1.33. The third kappa shape index (κ3) is 2.99. The molecule has 2 aromatic carbocycles. The molecule has 0 unspecified atom stereocenters. The summed E-state index contributed by atoms with van der Waals surface area (Å²) in [6, 6.07) is 7.19. The predicted octanol–water partition coefficient (Wildman–Crippen LogP) is 4.98. The zero-order chi connectivity index (χ0) is 15.6. The van der Waals surface area contributed by atoms with E-state index in [-0.39, 0.29) is 12.8 Å². The number of hydrogen-bond donors (Lipinski definition) is 0. The molecule has 0 atom stereocenters. The fraction of sp³-hybridized carbons (Fsp3) is 0.176. The lowest BCUT2D eigenvalue weighted by molar-refractivity contribution is 0.430. The third-order valence-electron chi connectivity index (χ3n) is 3.45. The molecular weight excluding hydrogens is 280 g/mol. The Labute approximate surface area is 120 Å². The minimum Gasteiger partial charge on any atom is -0.203 e. The van der Waals surface area contributed by atoms with Gasteiger partial charge in [-0.15, -0.1) is 0 Å². The summed E-state index contributed by atoms with van der Waals surface area (Å²) in [4.78, 5) is 0. The van der Waals surface area contributed by atoms with Crippen LogP contribution in [0.25, 0.3) is 6.08 Å². The Balaban J connectivity index is 2.25. The highest BCUT2D eigenvalue weighted by atomic mass is 19.2. The lowest BCUT2D eigenvalue weighted by Crippen LogP contribution is -2.07. The molecule has 0 saturated heterocycles. The molecule has 0 saturated carbocycles. The average Bonchev–Trinajstić information content (AvgIpc) is 2.51. The Morgan fingerprint density at radius 1 is 0.857 bits per heavy atom. The maximum absolute atomic E-state index is 13.7. The fourth-order valence-electron chi connectivity index (χ4n) is 2.10. The van der Waals surface area contributed by atoms with Gasteiger partial charge in [0.1, 0.15) is 0 Å². The van der Waals surface area contributed by atoms with Gasteiger partial charge in [-0.1, -0.05) is 36.9 Å². The van der Waals surface area contributed by atoms with E-state index in [1.807, 2.05) is 12.1 Å². The van der Waals surface area contributed by atoms with Gasteiger partial charge in [0.25, 0.3) is 0 Å². The Morgan fingerprint density at radius 2 is 1.38 bits per heavy atom. The standard InChI is InChI=1S/C17H14F4/c1-3-11-4-6-12(7-5-11)8-9-13-16(20)14(18)10(2)15(19)17(13)21/h3-7H,1,8-9H2,2H3. The van der Waals surface area contributed by atoms with Crippen LogP contribution in [0.5, 0.6) is 0 Å². The van der Waals surface area contributed by atoms with Crippen LogP contribution >= 0.6 is 0 Å². The van der Waals surface area contributed by atoms with Crippen molar-refractivity contribution in [1.29, 1.82) is 0 Å². The van der Waals surface area contributed by atoms with Crippen LogP contribution in [0.2, 0.25) is 0 Å². The van der Waals surface area contributed by atoms with E-state index in [0.717, 1.165) is 18.1 Å². The molecule has 0 bridgehead atoms. The number of rotatable bonds is 4. The van der Waals surface area contributed by atoms with E-state index in [1.165, 1.54) is 0 Å². The summed E-state index contributed by atoms with van der Waals surface area (Å²) < 4.78 is 54.4. The first kappa shape index (κ1) is 15.3. The second-order valence-electron chi connectivity index (χ2n) is 4.81. The summed E-state index contributed by atoms with van der Waals surface area (Å²) in [5.41, 5.74) is 0.553. The molecule has 0 aromatic heterocycles. The monoisotopic (exact) mass is 294 g/mol. The van der Waals surface area contributed by atoms with Crippen molar-refractivity contribution in [2.24, 2.45) is 0 Å². The molecule has 21 heavy (non-hydrogen) atoms. The van der Waals surface area contributed by atoms with E-state index < -0.39 is 34.4 Å². The van der Waals surface area contributed by atoms with Crippen molar-refractivity contribution in [3.8, 4) is 0 Å². The van der Waals surface area contributed by atoms with Gasteiger partial charge in [0, 0.05) is 11.1 Å².